The summed E-state index contributed by atoms with van der Waals surface area (Å²) in [5, 5.41) is 3.09. The van der Waals surface area contributed by atoms with Crippen LogP contribution >= 0.6 is 0 Å². The Balaban J connectivity index is 1.69. The smallest absolute Gasteiger partial charge is 0.251 e. The standard InChI is InChI=1S/C21H26N2O3/c1-2-26-19-10-6-9-18(15-19)21(24)22-16-20(17-7-4-3-5-8-17)23-11-13-25-14-12-23/h3-10,15,20H,2,11-14,16H2,1H3,(H,22,24)/t20-/m1/s1. The van der Waals surface area contributed by atoms with Crippen LogP contribution < -0.4 is 10.1 Å². The van der Waals surface area contributed by atoms with Crippen molar-refractivity contribution in [3.8, 4) is 5.75 Å². The largest absolute Gasteiger partial charge is 0.494 e. The predicted molar refractivity (Wildman–Crippen MR) is 102 cm³/mol. The Morgan fingerprint density at radius 2 is 1.92 bits per heavy atom. The van der Waals surface area contributed by atoms with Crippen LogP contribution in [0, 0.1) is 0 Å². The molecule has 0 bridgehead atoms. The van der Waals surface area contributed by atoms with Gasteiger partial charge in [0.1, 0.15) is 5.75 Å². The minimum Gasteiger partial charge on any atom is -0.494 e. The molecular formula is C21H26N2O3. The maximum absolute atomic E-state index is 12.6. The molecule has 5 nitrogen and oxygen atoms in total. The third-order valence-corrected chi connectivity index (χ3v) is 4.53. The number of carbonyl (C=O) groups excluding carboxylic acids is 1. The third kappa shape index (κ3) is 4.84. The van der Waals surface area contributed by atoms with E-state index in [1.165, 1.54) is 5.56 Å². The van der Waals surface area contributed by atoms with Gasteiger partial charge in [0.25, 0.3) is 5.91 Å². The number of hydrogen-bond acceptors (Lipinski definition) is 4. The van der Waals surface area contributed by atoms with Gasteiger partial charge in [0.05, 0.1) is 25.9 Å². The second kappa shape index (κ2) is 9.36. The fourth-order valence-corrected chi connectivity index (χ4v) is 3.21. The van der Waals surface area contributed by atoms with E-state index in [9.17, 15) is 4.79 Å². The topological polar surface area (TPSA) is 50.8 Å². The van der Waals surface area contributed by atoms with Gasteiger partial charge >= 0.3 is 0 Å². The number of carbonyl (C=O) groups is 1. The summed E-state index contributed by atoms with van der Waals surface area (Å²) in [7, 11) is 0. The van der Waals surface area contributed by atoms with Gasteiger partial charge in [-0.25, -0.2) is 0 Å². The molecule has 1 atom stereocenters. The molecule has 1 amide bonds. The molecule has 1 aliphatic rings. The molecule has 5 heteroatoms. The first-order valence-electron chi connectivity index (χ1n) is 9.15. The Labute approximate surface area is 154 Å². The number of nitrogens with one attached hydrogen (secondary N) is 1. The van der Waals surface area contributed by atoms with E-state index in [0.29, 0.717) is 24.5 Å². The van der Waals surface area contributed by atoms with Gasteiger partial charge in [-0.15, -0.1) is 0 Å². The molecule has 1 saturated heterocycles. The normalized spacial score (nSPS) is 16.0. The fraction of sp³-hybridized carbons (Fsp3) is 0.381. The monoisotopic (exact) mass is 354 g/mol. The van der Waals surface area contributed by atoms with Crippen LogP contribution in [0.5, 0.6) is 5.75 Å². The van der Waals surface area contributed by atoms with Gasteiger partial charge in [-0.3, -0.25) is 9.69 Å². The number of nitrogens with zero attached hydrogens (tertiary/aromatic N) is 1. The van der Waals surface area contributed by atoms with E-state index in [1.54, 1.807) is 6.07 Å². The molecule has 0 unspecified atom stereocenters. The molecule has 0 radical (unpaired) electrons. The lowest BCUT2D eigenvalue weighted by atomic mass is 10.0. The first-order valence-corrected chi connectivity index (χ1v) is 9.15. The fourth-order valence-electron chi connectivity index (χ4n) is 3.21. The van der Waals surface area contributed by atoms with Crippen molar-refractivity contribution in [2.24, 2.45) is 0 Å². The first kappa shape index (κ1) is 18.4. The van der Waals surface area contributed by atoms with Crippen molar-refractivity contribution in [2.45, 2.75) is 13.0 Å². The molecule has 0 aromatic heterocycles. The van der Waals surface area contributed by atoms with Crippen LogP contribution in [-0.4, -0.2) is 50.3 Å². The summed E-state index contributed by atoms with van der Waals surface area (Å²) in [6.45, 7) is 6.27. The van der Waals surface area contributed by atoms with E-state index in [0.717, 1.165) is 26.3 Å². The van der Waals surface area contributed by atoms with Crippen LogP contribution in [0.25, 0.3) is 0 Å². The molecule has 1 heterocycles. The van der Waals surface area contributed by atoms with Gasteiger partial charge in [-0.1, -0.05) is 36.4 Å². The zero-order valence-corrected chi connectivity index (χ0v) is 15.2. The summed E-state index contributed by atoms with van der Waals surface area (Å²) in [5.41, 5.74) is 1.82. The lowest BCUT2D eigenvalue weighted by molar-refractivity contribution is 0.0162. The average Bonchev–Trinajstić information content (AvgIpc) is 2.70. The molecule has 0 spiro atoms. The Hall–Kier alpha value is -2.37. The zero-order valence-electron chi connectivity index (χ0n) is 15.2. The lowest BCUT2D eigenvalue weighted by Crippen LogP contribution is -2.43. The molecule has 0 saturated carbocycles. The summed E-state index contributed by atoms with van der Waals surface area (Å²) in [6, 6.07) is 17.7. The van der Waals surface area contributed by atoms with Crippen LogP contribution in [0.1, 0.15) is 28.9 Å². The number of ether oxygens (including phenoxy) is 2. The van der Waals surface area contributed by atoms with E-state index >= 15 is 0 Å². The highest BCUT2D eigenvalue weighted by Crippen LogP contribution is 2.21. The molecule has 26 heavy (non-hydrogen) atoms. The second-order valence-corrected chi connectivity index (χ2v) is 6.25. The van der Waals surface area contributed by atoms with Crippen molar-refractivity contribution >= 4 is 5.91 Å². The summed E-state index contributed by atoms with van der Waals surface area (Å²) >= 11 is 0. The third-order valence-electron chi connectivity index (χ3n) is 4.53. The van der Waals surface area contributed by atoms with Gasteiger partial charge in [0, 0.05) is 25.2 Å². The van der Waals surface area contributed by atoms with Gasteiger partial charge in [0.2, 0.25) is 0 Å². The minimum atomic E-state index is -0.0826. The van der Waals surface area contributed by atoms with Crippen molar-refractivity contribution in [3.63, 3.8) is 0 Å². The molecule has 0 aliphatic carbocycles. The van der Waals surface area contributed by atoms with Gasteiger partial charge < -0.3 is 14.8 Å². The highest BCUT2D eigenvalue weighted by molar-refractivity contribution is 5.94. The van der Waals surface area contributed by atoms with Crippen molar-refractivity contribution in [2.75, 3.05) is 39.5 Å². The Bertz CT molecular complexity index is 699. The highest BCUT2D eigenvalue weighted by Gasteiger charge is 2.23. The van der Waals surface area contributed by atoms with Crippen LogP contribution in [-0.2, 0) is 4.74 Å². The molecule has 138 valence electrons. The van der Waals surface area contributed by atoms with E-state index in [-0.39, 0.29) is 11.9 Å². The number of amides is 1. The number of morpholine rings is 1. The quantitative estimate of drug-likeness (QED) is 0.831. The Morgan fingerprint density at radius 3 is 2.65 bits per heavy atom. The van der Waals surface area contributed by atoms with E-state index in [1.807, 2.05) is 43.3 Å². The number of rotatable bonds is 7. The SMILES string of the molecule is CCOc1cccc(C(=O)NC[C@H](c2ccccc2)N2CCOCC2)c1. The second-order valence-electron chi connectivity index (χ2n) is 6.25. The molecule has 2 aromatic rings. The summed E-state index contributed by atoms with van der Waals surface area (Å²) in [4.78, 5) is 15.0. The average molecular weight is 354 g/mol. The molecule has 1 aliphatic heterocycles. The van der Waals surface area contributed by atoms with Gasteiger partial charge in [-0.05, 0) is 30.7 Å². The predicted octanol–water partition coefficient (Wildman–Crippen LogP) is 2.89. The van der Waals surface area contributed by atoms with Gasteiger partial charge in [-0.2, -0.15) is 0 Å². The van der Waals surface area contributed by atoms with Crippen molar-refractivity contribution in [1.29, 1.82) is 0 Å². The summed E-state index contributed by atoms with van der Waals surface area (Å²) < 4.78 is 11.0. The highest BCUT2D eigenvalue weighted by atomic mass is 16.5. The van der Waals surface area contributed by atoms with E-state index < -0.39 is 0 Å². The van der Waals surface area contributed by atoms with Gasteiger partial charge in [0.15, 0.2) is 0 Å². The summed E-state index contributed by atoms with van der Waals surface area (Å²) in [5.74, 6) is 0.633. The molecule has 3 rings (SSSR count). The molecular weight excluding hydrogens is 328 g/mol. The lowest BCUT2D eigenvalue weighted by Gasteiger charge is -2.35. The van der Waals surface area contributed by atoms with E-state index in [2.05, 4.69) is 22.3 Å². The van der Waals surface area contributed by atoms with Crippen molar-refractivity contribution in [3.05, 3.63) is 65.7 Å². The zero-order chi connectivity index (χ0) is 18.2. The van der Waals surface area contributed by atoms with Crippen LogP contribution in [0.2, 0.25) is 0 Å². The van der Waals surface area contributed by atoms with Crippen LogP contribution in [0.15, 0.2) is 54.6 Å². The maximum Gasteiger partial charge on any atom is 0.251 e. The number of benzene rings is 2. The molecule has 1 N–H and O–H groups in total. The van der Waals surface area contributed by atoms with Crippen molar-refractivity contribution < 1.29 is 14.3 Å². The van der Waals surface area contributed by atoms with Crippen LogP contribution in [0.4, 0.5) is 0 Å². The van der Waals surface area contributed by atoms with E-state index in [4.69, 9.17) is 9.47 Å². The number of hydrogen-bond donors (Lipinski definition) is 1. The molecule has 1 fully saturated rings. The minimum absolute atomic E-state index is 0.0826. The Morgan fingerprint density at radius 1 is 1.15 bits per heavy atom. The van der Waals surface area contributed by atoms with Crippen LogP contribution in [0.3, 0.4) is 0 Å². The Kier molecular flexibility index (Phi) is 6.63. The molecule has 2 aromatic carbocycles. The maximum atomic E-state index is 12.6. The first-order chi connectivity index (χ1) is 12.8. The summed E-state index contributed by atoms with van der Waals surface area (Å²) in [6.07, 6.45) is 0. The van der Waals surface area contributed by atoms with Crippen molar-refractivity contribution in [1.82, 2.24) is 10.2 Å².